The third-order valence-corrected chi connectivity index (χ3v) is 3.69. The van der Waals surface area contributed by atoms with Gasteiger partial charge in [0, 0.05) is 29.0 Å². The molecular weight excluding hydrogens is 316 g/mol. The van der Waals surface area contributed by atoms with Crippen molar-refractivity contribution in [2.24, 2.45) is 0 Å². The van der Waals surface area contributed by atoms with Crippen LogP contribution < -0.4 is 10.1 Å². The van der Waals surface area contributed by atoms with E-state index >= 15 is 0 Å². The number of nitrogens with zero attached hydrogens (tertiary/aromatic N) is 1. The van der Waals surface area contributed by atoms with E-state index < -0.39 is 0 Å². The number of aromatic nitrogens is 1. The van der Waals surface area contributed by atoms with E-state index in [4.69, 9.17) is 4.74 Å². The van der Waals surface area contributed by atoms with E-state index in [1.54, 1.807) is 0 Å². The molecule has 106 valence electrons. The van der Waals surface area contributed by atoms with Crippen LogP contribution in [-0.4, -0.2) is 11.5 Å². The van der Waals surface area contributed by atoms with Crippen LogP contribution in [0.15, 0.2) is 41.1 Å². The highest BCUT2D eigenvalue weighted by Crippen LogP contribution is 2.23. The van der Waals surface area contributed by atoms with Gasteiger partial charge in [-0.1, -0.05) is 22.9 Å². The molecule has 1 aromatic carbocycles. The van der Waals surface area contributed by atoms with Gasteiger partial charge in [-0.25, -0.2) is 0 Å². The monoisotopic (exact) mass is 334 g/mol. The van der Waals surface area contributed by atoms with Gasteiger partial charge in [0.1, 0.15) is 12.4 Å². The van der Waals surface area contributed by atoms with Gasteiger partial charge in [0.25, 0.3) is 0 Å². The van der Waals surface area contributed by atoms with Crippen molar-refractivity contribution in [2.45, 2.75) is 27.0 Å². The average Bonchev–Trinajstić information content (AvgIpc) is 2.45. The third kappa shape index (κ3) is 4.32. The first kappa shape index (κ1) is 15.0. The standard InChI is InChI=1S/C16H19BrN2O/c1-3-18-10-14-7-15(4-5-16(14)17)20-11-13-6-12(2)8-19-9-13/h4-9,18H,3,10-11H2,1-2H3. The van der Waals surface area contributed by atoms with E-state index in [1.165, 1.54) is 5.56 Å². The summed E-state index contributed by atoms with van der Waals surface area (Å²) in [4.78, 5) is 4.17. The molecule has 2 rings (SSSR count). The van der Waals surface area contributed by atoms with Gasteiger partial charge in [0.15, 0.2) is 0 Å². The zero-order valence-electron chi connectivity index (χ0n) is 11.8. The highest BCUT2D eigenvalue weighted by atomic mass is 79.9. The molecule has 1 N–H and O–H groups in total. The topological polar surface area (TPSA) is 34.1 Å². The molecule has 0 atom stereocenters. The summed E-state index contributed by atoms with van der Waals surface area (Å²) in [6.07, 6.45) is 3.68. The highest BCUT2D eigenvalue weighted by Gasteiger charge is 2.03. The molecule has 0 radical (unpaired) electrons. The van der Waals surface area contributed by atoms with E-state index in [0.29, 0.717) is 6.61 Å². The maximum atomic E-state index is 5.83. The predicted molar refractivity (Wildman–Crippen MR) is 84.8 cm³/mol. The summed E-state index contributed by atoms with van der Waals surface area (Å²) in [6, 6.07) is 8.15. The zero-order chi connectivity index (χ0) is 14.4. The van der Waals surface area contributed by atoms with Gasteiger partial charge in [-0.3, -0.25) is 4.98 Å². The molecule has 0 unspecified atom stereocenters. The number of aryl methyl sites for hydroxylation is 1. The van der Waals surface area contributed by atoms with E-state index in [9.17, 15) is 0 Å². The molecule has 1 heterocycles. The molecule has 0 saturated heterocycles. The molecule has 20 heavy (non-hydrogen) atoms. The second kappa shape index (κ2) is 7.41. The van der Waals surface area contributed by atoms with Crippen molar-refractivity contribution < 1.29 is 4.74 Å². The summed E-state index contributed by atoms with van der Waals surface area (Å²) < 4.78 is 6.93. The van der Waals surface area contributed by atoms with Gasteiger partial charge in [0.05, 0.1) is 0 Å². The van der Waals surface area contributed by atoms with Gasteiger partial charge < -0.3 is 10.1 Å². The second-order valence-electron chi connectivity index (χ2n) is 4.69. The molecular formula is C16H19BrN2O. The van der Waals surface area contributed by atoms with Gasteiger partial charge in [0.2, 0.25) is 0 Å². The van der Waals surface area contributed by atoms with Crippen LogP contribution in [0.25, 0.3) is 0 Å². The van der Waals surface area contributed by atoms with Crippen LogP contribution in [0.3, 0.4) is 0 Å². The number of hydrogen-bond donors (Lipinski definition) is 1. The Morgan fingerprint density at radius 1 is 1.25 bits per heavy atom. The van der Waals surface area contributed by atoms with E-state index in [2.05, 4.69) is 45.3 Å². The lowest BCUT2D eigenvalue weighted by atomic mass is 10.2. The van der Waals surface area contributed by atoms with Crippen LogP contribution >= 0.6 is 15.9 Å². The van der Waals surface area contributed by atoms with E-state index in [1.807, 2.05) is 31.5 Å². The molecule has 0 spiro atoms. The molecule has 0 bridgehead atoms. The maximum absolute atomic E-state index is 5.83. The molecule has 2 aromatic rings. The van der Waals surface area contributed by atoms with Gasteiger partial charge in [-0.15, -0.1) is 0 Å². The molecule has 0 aliphatic rings. The van der Waals surface area contributed by atoms with Crippen LogP contribution in [-0.2, 0) is 13.2 Å². The van der Waals surface area contributed by atoms with Crippen molar-refractivity contribution in [3.8, 4) is 5.75 Å². The number of halogens is 1. The Labute approximate surface area is 128 Å². The second-order valence-corrected chi connectivity index (χ2v) is 5.55. The lowest BCUT2D eigenvalue weighted by molar-refractivity contribution is 0.305. The van der Waals surface area contributed by atoms with Crippen LogP contribution in [0.5, 0.6) is 5.75 Å². The summed E-state index contributed by atoms with van der Waals surface area (Å²) in [5.74, 6) is 0.877. The van der Waals surface area contributed by atoms with Crippen LogP contribution in [0.4, 0.5) is 0 Å². The first-order valence-electron chi connectivity index (χ1n) is 6.71. The summed E-state index contributed by atoms with van der Waals surface area (Å²) in [5.41, 5.74) is 3.43. The van der Waals surface area contributed by atoms with Crippen LogP contribution in [0.2, 0.25) is 0 Å². The van der Waals surface area contributed by atoms with Crippen molar-refractivity contribution in [3.05, 3.63) is 57.8 Å². The number of ether oxygens (including phenoxy) is 1. The van der Waals surface area contributed by atoms with Gasteiger partial charge in [-0.2, -0.15) is 0 Å². The number of hydrogen-bond acceptors (Lipinski definition) is 3. The molecule has 0 saturated carbocycles. The molecule has 4 heteroatoms. The third-order valence-electron chi connectivity index (χ3n) is 2.92. The Morgan fingerprint density at radius 3 is 2.85 bits per heavy atom. The Morgan fingerprint density at radius 2 is 2.10 bits per heavy atom. The normalized spacial score (nSPS) is 10.6. The average molecular weight is 335 g/mol. The fourth-order valence-electron chi connectivity index (χ4n) is 1.90. The number of nitrogens with one attached hydrogen (secondary N) is 1. The Bertz CT molecular complexity index is 572. The van der Waals surface area contributed by atoms with Crippen molar-refractivity contribution in [3.63, 3.8) is 0 Å². The fraction of sp³-hybridized carbons (Fsp3) is 0.312. The number of rotatable bonds is 6. The van der Waals surface area contributed by atoms with Crippen molar-refractivity contribution in [1.29, 1.82) is 0 Å². The summed E-state index contributed by atoms with van der Waals surface area (Å²) in [6.45, 7) is 6.45. The maximum Gasteiger partial charge on any atom is 0.120 e. The zero-order valence-corrected chi connectivity index (χ0v) is 13.4. The Kier molecular flexibility index (Phi) is 5.56. The minimum Gasteiger partial charge on any atom is -0.489 e. The quantitative estimate of drug-likeness (QED) is 0.871. The summed E-state index contributed by atoms with van der Waals surface area (Å²) in [7, 11) is 0. The molecule has 1 aromatic heterocycles. The van der Waals surface area contributed by atoms with Crippen LogP contribution in [0.1, 0.15) is 23.6 Å². The van der Waals surface area contributed by atoms with E-state index in [0.717, 1.165) is 34.4 Å². The smallest absolute Gasteiger partial charge is 0.120 e. The van der Waals surface area contributed by atoms with Crippen molar-refractivity contribution in [2.75, 3.05) is 6.54 Å². The van der Waals surface area contributed by atoms with E-state index in [-0.39, 0.29) is 0 Å². The molecule has 3 nitrogen and oxygen atoms in total. The van der Waals surface area contributed by atoms with Gasteiger partial charge >= 0.3 is 0 Å². The molecule has 0 aliphatic heterocycles. The summed E-state index contributed by atoms with van der Waals surface area (Å²) in [5, 5.41) is 3.32. The van der Waals surface area contributed by atoms with Gasteiger partial charge in [-0.05, 0) is 48.9 Å². The van der Waals surface area contributed by atoms with Crippen LogP contribution in [0, 0.1) is 6.92 Å². The van der Waals surface area contributed by atoms with Crippen molar-refractivity contribution >= 4 is 15.9 Å². The lowest BCUT2D eigenvalue weighted by Crippen LogP contribution is -2.12. The highest BCUT2D eigenvalue weighted by molar-refractivity contribution is 9.10. The SMILES string of the molecule is CCNCc1cc(OCc2cncc(C)c2)ccc1Br. The lowest BCUT2D eigenvalue weighted by Gasteiger charge is -2.10. The summed E-state index contributed by atoms with van der Waals surface area (Å²) >= 11 is 3.56. The first-order chi connectivity index (χ1) is 9.69. The number of pyridine rings is 1. The predicted octanol–water partition coefficient (Wildman–Crippen LogP) is 3.84. The Hall–Kier alpha value is -1.39. The minimum absolute atomic E-state index is 0.539. The number of benzene rings is 1. The molecule has 0 amide bonds. The molecule has 0 aliphatic carbocycles. The molecule has 0 fully saturated rings. The first-order valence-corrected chi connectivity index (χ1v) is 7.51. The Balaban J connectivity index is 2.02. The fourth-order valence-corrected chi connectivity index (χ4v) is 2.29. The van der Waals surface area contributed by atoms with Crippen molar-refractivity contribution in [1.82, 2.24) is 10.3 Å². The largest absolute Gasteiger partial charge is 0.489 e. The minimum atomic E-state index is 0.539.